The van der Waals surface area contributed by atoms with E-state index in [1.54, 1.807) is 24.3 Å². The number of hydrogen-bond acceptors (Lipinski definition) is 8. The third kappa shape index (κ3) is 8.91. The summed E-state index contributed by atoms with van der Waals surface area (Å²) >= 11 is 0. The SMILES string of the molecule is COc1cc(C(=O)NC=NC(=O)ON(c2ccc(C)c(NC(=O)c3ccc(Cc4ccccc4)cc3)c2)C(C)(C)C)cc(OC)c1OC. The molecule has 0 saturated heterocycles. The Morgan fingerprint density at radius 2 is 1.40 bits per heavy atom. The second-order valence-electron chi connectivity index (χ2n) is 11.8. The van der Waals surface area contributed by atoms with Crippen LogP contribution in [0.3, 0.4) is 0 Å². The summed E-state index contributed by atoms with van der Waals surface area (Å²) in [5.74, 6) is 0.0914. The predicted octanol–water partition coefficient (Wildman–Crippen LogP) is 6.98. The quantitative estimate of drug-likeness (QED) is 0.101. The summed E-state index contributed by atoms with van der Waals surface area (Å²) in [6, 6.07) is 25.9. The molecule has 4 rings (SSSR count). The van der Waals surface area contributed by atoms with Crippen LogP contribution < -0.4 is 29.9 Å². The molecule has 0 bridgehead atoms. The van der Waals surface area contributed by atoms with Crippen molar-refractivity contribution < 1.29 is 33.4 Å². The van der Waals surface area contributed by atoms with E-state index in [1.807, 2.05) is 64.1 Å². The monoisotopic (exact) mass is 652 g/mol. The van der Waals surface area contributed by atoms with E-state index < -0.39 is 17.5 Å². The zero-order valence-electron chi connectivity index (χ0n) is 28.1. The summed E-state index contributed by atoms with van der Waals surface area (Å²) in [6.07, 6.45) is 0.743. The van der Waals surface area contributed by atoms with E-state index in [0.717, 1.165) is 23.9 Å². The Labute approximate surface area is 280 Å². The van der Waals surface area contributed by atoms with E-state index in [4.69, 9.17) is 19.0 Å². The fourth-order valence-electron chi connectivity index (χ4n) is 4.79. The van der Waals surface area contributed by atoms with Gasteiger partial charge in [0.05, 0.1) is 32.6 Å². The maximum atomic E-state index is 13.2. The minimum atomic E-state index is -0.975. The number of benzene rings is 4. The number of anilines is 2. The van der Waals surface area contributed by atoms with Crippen LogP contribution in [0.2, 0.25) is 0 Å². The van der Waals surface area contributed by atoms with Crippen molar-refractivity contribution in [1.29, 1.82) is 0 Å². The second-order valence-corrected chi connectivity index (χ2v) is 11.8. The number of aliphatic imine (C=N–C) groups is 1. The van der Waals surface area contributed by atoms with Gasteiger partial charge < -0.3 is 29.7 Å². The van der Waals surface area contributed by atoms with Crippen molar-refractivity contribution in [3.8, 4) is 17.2 Å². The van der Waals surface area contributed by atoms with Crippen molar-refractivity contribution in [2.75, 3.05) is 31.7 Å². The molecule has 3 amide bonds. The molecule has 48 heavy (non-hydrogen) atoms. The van der Waals surface area contributed by atoms with Crippen molar-refractivity contribution in [3.63, 3.8) is 0 Å². The molecule has 2 N–H and O–H groups in total. The van der Waals surface area contributed by atoms with Gasteiger partial charge in [-0.3, -0.25) is 9.59 Å². The molecule has 0 aromatic heterocycles. The number of carbonyl (C=O) groups is 3. The van der Waals surface area contributed by atoms with Crippen LogP contribution >= 0.6 is 0 Å². The number of nitrogens with one attached hydrogen (secondary N) is 2. The van der Waals surface area contributed by atoms with Gasteiger partial charge in [0, 0.05) is 16.8 Å². The first-order chi connectivity index (χ1) is 22.9. The molecule has 0 atom stereocenters. The van der Waals surface area contributed by atoms with Crippen LogP contribution in [0, 0.1) is 6.92 Å². The molecule has 0 aliphatic rings. The van der Waals surface area contributed by atoms with Crippen LogP contribution in [0.1, 0.15) is 58.2 Å². The van der Waals surface area contributed by atoms with Gasteiger partial charge in [0.1, 0.15) is 6.34 Å². The lowest BCUT2D eigenvalue weighted by Gasteiger charge is -2.34. The summed E-state index contributed by atoms with van der Waals surface area (Å²) in [4.78, 5) is 48.1. The molecule has 0 unspecified atom stereocenters. The summed E-state index contributed by atoms with van der Waals surface area (Å²) < 4.78 is 15.9. The molecule has 0 fully saturated rings. The van der Waals surface area contributed by atoms with Crippen LogP contribution in [-0.4, -0.2) is 51.1 Å². The van der Waals surface area contributed by atoms with E-state index in [2.05, 4.69) is 27.8 Å². The van der Waals surface area contributed by atoms with E-state index in [0.29, 0.717) is 34.2 Å². The summed E-state index contributed by atoms with van der Waals surface area (Å²) in [7, 11) is 4.34. The van der Waals surface area contributed by atoms with Crippen molar-refractivity contribution in [2.24, 2.45) is 4.99 Å². The summed E-state index contributed by atoms with van der Waals surface area (Å²) in [6.45, 7) is 7.43. The topological polar surface area (TPSA) is 128 Å². The van der Waals surface area contributed by atoms with E-state index in [1.165, 1.54) is 44.1 Å². The Morgan fingerprint density at radius 1 is 0.771 bits per heavy atom. The number of rotatable bonds is 11. The first kappa shape index (κ1) is 35.0. The Morgan fingerprint density at radius 3 is 1.98 bits per heavy atom. The van der Waals surface area contributed by atoms with Gasteiger partial charge in [-0.1, -0.05) is 48.5 Å². The second kappa shape index (κ2) is 15.6. The standard InChI is InChI=1S/C37H40N4O7/c1-24-13-18-29(22-30(24)40-35(43)27-16-14-26(15-17-27)19-25-11-9-8-10-12-25)41(37(2,3)4)48-36(44)39-23-38-34(42)28-20-31(45-5)33(47-7)32(21-28)46-6/h8-18,20-23H,19H2,1-7H3,(H,40,43)(H,38,39,42,44). The number of amides is 3. The lowest BCUT2D eigenvalue weighted by atomic mass is 10.0. The Balaban J connectivity index is 1.43. The minimum Gasteiger partial charge on any atom is -0.493 e. The van der Waals surface area contributed by atoms with Crippen molar-refractivity contribution >= 4 is 35.6 Å². The molecule has 250 valence electrons. The van der Waals surface area contributed by atoms with E-state index in [9.17, 15) is 14.4 Å². The van der Waals surface area contributed by atoms with Gasteiger partial charge in [0.2, 0.25) is 5.75 Å². The highest BCUT2D eigenvalue weighted by atomic mass is 16.7. The minimum absolute atomic E-state index is 0.193. The molecule has 4 aromatic carbocycles. The highest BCUT2D eigenvalue weighted by molar-refractivity contribution is 6.05. The van der Waals surface area contributed by atoms with Gasteiger partial charge in [-0.15, -0.1) is 0 Å². The maximum Gasteiger partial charge on any atom is 0.459 e. The number of carbonyl (C=O) groups excluding carboxylic acids is 3. The molecule has 11 nitrogen and oxygen atoms in total. The van der Waals surface area contributed by atoms with Crippen molar-refractivity contribution in [1.82, 2.24) is 5.32 Å². The zero-order chi connectivity index (χ0) is 34.8. The average molecular weight is 653 g/mol. The highest BCUT2D eigenvalue weighted by Crippen LogP contribution is 2.38. The molecular formula is C37H40N4O7. The van der Waals surface area contributed by atoms with Crippen LogP contribution in [0.15, 0.2) is 89.9 Å². The number of aryl methyl sites for hydroxylation is 1. The zero-order valence-corrected chi connectivity index (χ0v) is 28.1. The lowest BCUT2D eigenvalue weighted by Crippen LogP contribution is -2.42. The summed E-state index contributed by atoms with van der Waals surface area (Å²) in [5.41, 5.74) is 4.18. The number of methoxy groups -OCH3 is 3. The van der Waals surface area contributed by atoms with Gasteiger partial charge >= 0.3 is 6.09 Å². The first-order valence-electron chi connectivity index (χ1n) is 15.1. The third-order valence-electron chi connectivity index (χ3n) is 7.24. The molecule has 4 aromatic rings. The lowest BCUT2D eigenvalue weighted by molar-refractivity contribution is 0.0975. The molecule has 11 heteroatoms. The van der Waals surface area contributed by atoms with E-state index >= 15 is 0 Å². The predicted molar refractivity (Wildman–Crippen MR) is 186 cm³/mol. The Kier molecular flexibility index (Phi) is 11.4. The van der Waals surface area contributed by atoms with Gasteiger partial charge in [-0.05, 0) is 87.2 Å². The van der Waals surface area contributed by atoms with Gasteiger partial charge in [-0.25, -0.2) is 4.79 Å². The number of hydroxylamine groups is 1. The Bertz CT molecular complexity index is 1760. The summed E-state index contributed by atoms with van der Waals surface area (Å²) in [5, 5.41) is 6.80. The van der Waals surface area contributed by atoms with Crippen LogP contribution in [-0.2, 0) is 11.3 Å². The Hall–Kier alpha value is -5.84. The molecule has 0 spiro atoms. The maximum absolute atomic E-state index is 13.2. The fraction of sp³-hybridized carbons (Fsp3) is 0.243. The first-order valence-corrected chi connectivity index (χ1v) is 15.1. The molecule has 0 aliphatic heterocycles. The normalized spacial score (nSPS) is 11.1. The number of hydrogen-bond donors (Lipinski definition) is 2. The highest BCUT2D eigenvalue weighted by Gasteiger charge is 2.27. The molecule has 0 saturated carbocycles. The van der Waals surface area contributed by atoms with Crippen LogP contribution in [0.25, 0.3) is 0 Å². The van der Waals surface area contributed by atoms with E-state index in [-0.39, 0.29) is 11.5 Å². The van der Waals surface area contributed by atoms with Gasteiger partial charge in [-0.2, -0.15) is 10.1 Å². The van der Waals surface area contributed by atoms with Gasteiger partial charge in [0.15, 0.2) is 11.5 Å². The van der Waals surface area contributed by atoms with Crippen molar-refractivity contribution in [3.05, 3.63) is 113 Å². The molecular weight excluding hydrogens is 612 g/mol. The largest absolute Gasteiger partial charge is 0.493 e. The molecule has 0 aliphatic carbocycles. The smallest absolute Gasteiger partial charge is 0.459 e. The average Bonchev–Trinajstić information content (AvgIpc) is 3.07. The number of ether oxygens (including phenoxy) is 3. The van der Waals surface area contributed by atoms with Gasteiger partial charge in [0.25, 0.3) is 11.8 Å². The number of nitrogens with zero attached hydrogens (tertiary/aromatic N) is 2. The fourth-order valence-corrected chi connectivity index (χ4v) is 4.79. The molecule has 0 heterocycles. The van der Waals surface area contributed by atoms with Crippen molar-refractivity contribution in [2.45, 2.75) is 39.7 Å². The van der Waals surface area contributed by atoms with Crippen LogP contribution in [0.4, 0.5) is 16.2 Å². The van der Waals surface area contributed by atoms with Crippen LogP contribution in [0.5, 0.6) is 17.2 Å². The molecule has 0 radical (unpaired) electrons. The third-order valence-corrected chi connectivity index (χ3v) is 7.24.